The standard InChI is InChI=1S/C15H23NO3/c1-12-8-16(9-13(2)19-12)10-14(17)11-18-15-6-4-3-5-7-15/h3-7,12-14,17H,8-11H2,1-2H3/t12-,13+,14-/m0/s1. The lowest BCUT2D eigenvalue weighted by Gasteiger charge is -2.36. The number of aliphatic hydroxyl groups excluding tert-OH is 1. The van der Waals surface area contributed by atoms with E-state index in [1.807, 2.05) is 30.3 Å². The summed E-state index contributed by atoms with van der Waals surface area (Å²) in [6, 6.07) is 9.58. The normalized spacial score (nSPS) is 26.1. The van der Waals surface area contributed by atoms with Gasteiger partial charge in [-0.15, -0.1) is 0 Å². The molecule has 0 radical (unpaired) electrons. The molecule has 0 aromatic heterocycles. The van der Waals surface area contributed by atoms with Gasteiger partial charge in [-0.05, 0) is 26.0 Å². The molecule has 0 spiro atoms. The van der Waals surface area contributed by atoms with E-state index in [0.29, 0.717) is 13.2 Å². The number of aliphatic hydroxyl groups is 1. The summed E-state index contributed by atoms with van der Waals surface area (Å²) in [5, 5.41) is 10.0. The molecule has 2 rings (SSSR count). The molecule has 1 N–H and O–H groups in total. The van der Waals surface area contributed by atoms with Crippen LogP contribution in [0.15, 0.2) is 30.3 Å². The first-order valence-corrected chi connectivity index (χ1v) is 6.87. The number of hydrogen-bond acceptors (Lipinski definition) is 4. The first-order chi connectivity index (χ1) is 9.13. The zero-order chi connectivity index (χ0) is 13.7. The second-order valence-corrected chi connectivity index (χ2v) is 5.25. The Balaban J connectivity index is 1.73. The molecule has 1 aliphatic rings. The van der Waals surface area contributed by atoms with Gasteiger partial charge in [0, 0.05) is 19.6 Å². The highest BCUT2D eigenvalue weighted by molar-refractivity contribution is 5.20. The van der Waals surface area contributed by atoms with E-state index in [4.69, 9.17) is 9.47 Å². The van der Waals surface area contributed by atoms with E-state index in [0.717, 1.165) is 18.8 Å². The molecular weight excluding hydrogens is 242 g/mol. The number of β-amino-alcohol motifs (C(OH)–C–C–N with tert-alkyl or cyclic N) is 1. The van der Waals surface area contributed by atoms with E-state index in [1.54, 1.807) is 0 Å². The highest BCUT2D eigenvalue weighted by Gasteiger charge is 2.23. The molecule has 0 saturated carbocycles. The molecular formula is C15H23NO3. The summed E-state index contributed by atoms with van der Waals surface area (Å²) in [6.45, 7) is 6.82. The molecule has 1 aromatic carbocycles. The van der Waals surface area contributed by atoms with Crippen LogP contribution in [0.4, 0.5) is 0 Å². The summed E-state index contributed by atoms with van der Waals surface area (Å²) in [6.07, 6.45) is -0.0188. The Bertz CT molecular complexity index is 361. The topological polar surface area (TPSA) is 41.9 Å². The maximum absolute atomic E-state index is 10.0. The molecule has 0 amide bonds. The van der Waals surface area contributed by atoms with Crippen molar-refractivity contribution in [2.45, 2.75) is 32.2 Å². The summed E-state index contributed by atoms with van der Waals surface area (Å²) < 4.78 is 11.2. The van der Waals surface area contributed by atoms with E-state index in [1.165, 1.54) is 0 Å². The molecule has 1 fully saturated rings. The smallest absolute Gasteiger partial charge is 0.119 e. The average Bonchev–Trinajstić information content (AvgIpc) is 2.36. The van der Waals surface area contributed by atoms with Crippen molar-refractivity contribution in [2.75, 3.05) is 26.2 Å². The Morgan fingerprint density at radius 1 is 1.26 bits per heavy atom. The summed E-state index contributed by atoms with van der Waals surface area (Å²) >= 11 is 0. The molecule has 1 aromatic rings. The summed E-state index contributed by atoms with van der Waals surface area (Å²) in [5.41, 5.74) is 0. The van der Waals surface area contributed by atoms with Crippen molar-refractivity contribution >= 4 is 0 Å². The fourth-order valence-corrected chi connectivity index (χ4v) is 2.49. The lowest BCUT2D eigenvalue weighted by molar-refractivity contribution is -0.0786. The van der Waals surface area contributed by atoms with Crippen molar-refractivity contribution < 1.29 is 14.6 Å². The van der Waals surface area contributed by atoms with Gasteiger partial charge in [0.2, 0.25) is 0 Å². The lowest BCUT2D eigenvalue weighted by Crippen LogP contribution is -2.48. The Kier molecular flexibility index (Phi) is 5.19. The second kappa shape index (κ2) is 6.89. The van der Waals surface area contributed by atoms with Crippen LogP contribution in [0, 0.1) is 0 Å². The third-order valence-electron chi connectivity index (χ3n) is 3.15. The van der Waals surface area contributed by atoms with E-state index < -0.39 is 6.10 Å². The van der Waals surface area contributed by atoms with Crippen LogP contribution in [-0.4, -0.2) is 54.6 Å². The number of ether oxygens (including phenoxy) is 2. The summed E-state index contributed by atoms with van der Waals surface area (Å²) in [5.74, 6) is 0.797. The van der Waals surface area contributed by atoms with Gasteiger partial charge >= 0.3 is 0 Å². The van der Waals surface area contributed by atoms with Crippen LogP contribution < -0.4 is 4.74 Å². The van der Waals surface area contributed by atoms with Gasteiger partial charge in [0.1, 0.15) is 18.5 Å². The van der Waals surface area contributed by atoms with Gasteiger partial charge in [-0.3, -0.25) is 4.90 Å². The van der Waals surface area contributed by atoms with Gasteiger partial charge in [0.25, 0.3) is 0 Å². The predicted molar refractivity (Wildman–Crippen MR) is 74.4 cm³/mol. The Hall–Kier alpha value is -1.10. The molecule has 1 saturated heterocycles. The quantitative estimate of drug-likeness (QED) is 0.877. The fraction of sp³-hybridized carbons (Fsp3) is 0.600. The van der Waals surface area contributed by atoms with Crippen LogP contribution in [0.25, 0.3) is 0 Å². The Labute approximate surface area is 114 Å². The van der Waals surface area contributed by atoms with Crippen LogP contribution in [0.3, 0.4) is 0 Å². The minimum atomic E-state index is -0.474. The summed E-state index contributed by atoms with van der Waals surface area (Å²) in [4.78, 5) is 2.23. The van der Waals surface area contributed by atoms with Gasteiger partial charge in [0.05, 0.1) is 12.2 Å². The fourth-order valence-electron chi connectivity index (χ4n) is 2.49. The van der Waals surface area contributed by atoms with Gasteiger partial charge in [-0.2, -0.15) is 0 Å². The average molecular weight is 265 g/mol. The molecule has 0 unspecified atom stereocenters. The molecule has 0 bridgehead atoms. The number of nitrogens with zero attached hydrogens (tertiary/aromatic N) is 1. The van der Waals surface area contributed by atoms with E-state index in [-0.39, 0.29) is 12.2 Å². The van der Waals surface area contributed by atoms with Crippen LogP contribution in [0.2, 0.25) is 0 Å². The number of hydrogen-bond donors (Lipinski definition) is 1. The highest BCUT2D eigenvalue weighted by atomic mass is 16.5. The maximum Gasteiger partial charge on any atom is 0.119 e. The van der Waals surface area contributed by atoms with Crippen molar-refractivity contribution in [3.8, 4) is 5.75 Å². The molecule has 19 heavy (non-hydrogen) atoms. The second-order valence-electron chi connectivity index (χ2n) is 5.25. The molecule has 3 atom stereocenters. The zero-order valence-electron chi connectivity index (χ0n) is 11.7. The molecule has 1 aliphatic heterocycles. The van der Waals surface area contributed by atoms with Crippen LogP contribution in [0.1, 0.15) is 13.8 Å². The van der Waals surface area contributed by atoms with E-state index in [2.05, 4.69) is 18.7 Å². The highest BCUT2D eigenvalue weighted by Crippen LogP contribution is 2.12. The van der Waals surface area contributed by atoms with Crippen molar-refractivity contribution in [3.05, 3.63) is 30.3 Å². The van der Waals surface area contributed by atoms with Crippen LogP contribution in [0.5, 0.6) is 5.75 Å². The first kappa shape index (κ1) is 14.3. The number of benzene rings is 1. The number of rotatable bonds is 5. The van der Waals surface area contributed by atoms with Crippen molar-refractivity contribution in [3.63, 3.8) is 0 Å². The number of para-hydroxylation sites is 1. The minimum Gasteiger partial charge on any atom is -0.491 e. The van der Waals surface area contributed by atoms with Gasteiger partial charge in [-0.25, -0.2) is 0 Å². The SMILES string of the molecule is C[C@@H]1CN(C[C@H](O)COc2ccccc2)C[C@H](C)O1. The van der Waals surface area contributed by atoms with E-state index >= 15 is 0 Å². The van der Waals surface area contributed by atoms with Crippen molar-refractivity contribution in [1.82, 2.24) is 4.90 Å². The Morgan fingerprint density at radius 2 is 1.89 bits per heavy atom. The van der Waals surface area contributed by atoms with Gasteiger partial charge < -0.3 is 14.6 Å². The summed E-state index contributed by atoms with van der Waals surface area (Å²) in [7, 11) is 0. The third-order valence-corrected chi connectivity index (χ3v) is 3.15. The first-order valence-electron chi connectivity index (χ1n) is 6.87. The maximum atomic E-state index is 10.0. The molecule has 106 valence electrons. The van der Waals surface area contributed by atoms with E-state index in [9.17, 15) is 5.11 Å². The van der Waals surface area contributed by atoms with Gasteiger partial charge in [0.15, 0.2) is 0 Å². The number of morpholine rings is 1. The third kappa shape index (κ3) is 4.82. The zero-order valence-corrected chi connectivity index (χ0v) is 11.7. The molecule has 1 heterocycles. The largest absolute Gasteiger partial charge is 0.491 e. The van der Waals surface area contributed by atoms with Crippen molar-refractivity contribution in [1.29, 1.82) is 0 Å². The Morgan fingerprint density at radius 3 is 2.53 bits per heavy atom. The van der Waals surface area contributed by atoms with Crippen LogP contribution in [-0.2, 0) is 4.74 Å². The minimum absolute atomic E-state index is 0.228. The predicted octanol–water partition coefficient (Wildman–Crippen LogP) is 1.54. The molecule has 4 nitrogen and oxygen atoms in total. The molecule has 4 heteroatoms. The molecule has 0 aliphatic carbocycles. The van der Waals surface area contributed by atoms with Gasteiger partial charge in [-0.1, -0.05) is 18.2 Å². The monoisotopic (exact) mass is 265 g/mol. The lowest BCUT2D eigenvalue weighted by atomic mass is 10.2. The van der Waals surface area contributed by atoms with Crippen LogP contribution >= 0.6 is 0 Å². The van der Waals surface area contributed by atoms with Crippen molar-refractivity contribution in [2.24, 2.45) is 0 Å².